The van der Waals surface area contributed by atoms with E-state index in [1.807, 2.05) is 25.8 Å². The van der Waals surface area contributed by atoms with Gasteiger partial charge < -0.3 is 20.1 Å². The summed E-state index contributed by atoms with van der Waals surface area (Å²) >= 11 is 0. The lowest BCUT2D eigenvalue weighted by Crippen LogP contribution is -2.46. The van der Waals surface area contributed by atoms with Crippen LogP contribution in [0.15, 0.2) is 18.2 Å². The molecule has 0 fully saturated rings. The number of hydrogen-bond acceptors (Lipinski definition) is 4. The first kappa shape index (κ1) is 22.9. The number of hydrogen-bond donors (Lipinski definition) is 2. The number of fused-ring (bicyclic) bond motifs is 1. The lowest BCUT2D eigenvalue weighted by atomic mass is 10.0. The Morgan fingerprint density at radius 1 is 1.23 bits per heavy atom. The summed E-state index contributed by atoms with van der Waals surface area (Å²) in [5.74, 6) is -1.58. The minimum absolute atomic E-state index is 0.00915. The molecule has 7 nitrogen and oxygen atoms in total. The van der Waals surface area contributed by atoms with E-state index in [9.17, 15) is 18.4 Å². The Bertz CT molecular complexity index is 973. The van der Waals surface area contributed by atoms with Gasteiger partial charge in [-0.1, -0.05) is 13.8 Å². The van der Waals surface area contributed by atoms with Gasteiger partial charge in [0.05, 0.1) is 11.3 Å². The molecule has 0 saturated carbocycles. The van der Waals surface area contributed by atoms with Gasteiger partial charge in [0, 0.05) is 20.1 Å². The maximum atomic E-state index is 14.5. The van der Waals surface area contributed by atoms with Crippen molar-refractivity contribution in [3.8, 4) is 11.4 Å². The van der Waals surface area contributed by atoms with Crippen LogP contribution in [0, 0.1) is 17.6 Å². The molecule has 0 spiro atoms. The van der Waals surface area contributed by atoms with Crippen molar-refractivity contribution in [1.29, 1.82) is 0 Å². The summed E-state index contributed by atoms with van der Waals surface area (Å²) in [6.07, 6.45) is 1.24. The quantitative estimate of drug-likeness (QED) is 0.734. The standard InChI is InChI=1S/C22H29F2N5O2/c1-13(2)10-17(21(30)25-3)26-22(31)19-18-12-28(4)8-5-9-29(18)20(27-19)15-11-14(23)6-7-16(15)24/h6-7,11,13,17H,5,8-10,12H2,1-4H3,(H,25,30)(H,26,31). The van der Waals surface area contributed by atoms with Crippen molar-refractivity contribution >= 4 is 11.8 Å². The number of amides is 2. The molecule has 3 rings (SSSR count). The monoisotopic (exact) mass is 433 g/mol. The van der Waals surface area contributed by atoms with Crippen molar-refractivity contribution < 1.29 is 18.4 Å². The van der Waals surface area contributed by atoms with E-state index in [4.69, 9.17) is 0 Å². The average Bonchev–Trinajstić information content (AvgIpc) is 2.94. The third-order valence-electron chi connectivity index (χ3n) is 5.37. The van der Waals surface area contributed by atoms with Crippen LogP contribution in [0.25, 0.3) is 11.4 Å². The van der Waals surface area contributed by atoms with Crippen LogP contribution in [0.2, 0.25) is 0 Å². The number of nitrogens with zero attached hydrogens (tertiary/aromatic N) is 3. The average molecular weight is 434 g/mol. The molecular formula is C22H29F2N5O2. The number of benzene rings is 1. The molecule has 2 heterocycles. The zero-order valence-electron chi connectivity index (χ0n) is 18.3. The molecule has 2 amide bonds. The van der Waals surface area contributed by atoms with Gasteiger partial charge in [-0.15, -0.1) is 0 Å². The Kier molecular flexibility index (Phi) is 7.04. The van der Waals surface area contributed by atoms with Crippen LogP contribution in [-0.4, -0.2) is 52.9 Å². The fourth-order valence-corrected chi connectivity index (χ4v) is 3.88. The molecule has 1 unspecified atom stereocenters. The minimum atomic E-state index is -0.715. The third-order valence-corrected chi connectivity index (χ3v) is 5.37. The van der Waals surface area contributed by atoms with Crippen molar-refractivity contribution in [2.75, 3.05) is 20.6 Å². The maximum absolute atomic E-state index is 14.5. The van der Waals surface area contributed by atoms with Crippen LogP contribution in [0.4, 0.5) is 8.78 Å². The molecule has 1 aliphatic heterocycles. The van der Waals surface area contributed by atoms with Gasteiger partial charge in [0.2, 0.25) is 5.91 Å². The van der Waals surface area contributed by atoms with Crippen LogP contribution in [-0.2, 0) is 17.9 Å². The van der Waals surface area contributed by atoms with E-state index in [0.29, 0.717) is 25.2 Å². The first-order valence-corrected chi connectivity index (χ1v) is 10.5. The Morgan fingerprint density at radius 3 is 2.65 bits per heavy atom. The van der Waals surface area contributed by atoms with E-state index in [2.05, 4.69) is 15.6 Å². The third kappa shape index (κ3) is 5.10. The maximum Gasteiger partial charge on any atom is 0.272 e. The summed E-state index contributed by atoms with van der Waals surface area (Å²) < 4.78 is 30.2. The topological polar surface area (TPSA) is 79.3 Å². The number of likely N-dealkylation sites (N-methyl/N-ethyl adjacent to an activating group) is 1. The van der Waals surface area contributed by atoms with E-state index in [0.717, 1.165) is 31.2 Å². The van der Waals surface area contributed by atoms with Crippen molar-refractivity contribution in [2.24, 2.45) is 5.92 Å². The van der Waals surface area contributed by atoms with Crippen molar-refractivity contribution in [3.05, 3.63) is 41.2 Å². The molecule has 0 bridgehead atoms. The van der Waals surface area contributed by atoms with Crippen LogP contribution in [0.3, 0.4) is 0 Å². The molecule has 2 N–H and O–H groups in total. The normalized spacial score (nSPS) is 15.3. The van der Waals surface area contributed by atoms with E-state index in [1.54, 1.807) is 4.57 Å². The van der Waals surface area contributed by atoms with Gasteiger partial charge in [-0.25, -0.2) is 13.8 Å². The van der Waals surface area contributed by atoms with E-state index in [1.165, 1.54) is 7.05 Å². The van der Waals surface area contributed by atoms with Crippen LogP contribution < -0.4 is 10.6 Å². The molecule has 9 heteroatoms. The summed E-state index contributed by atoms with van der Waals surface area (Å²) in [5, 5.41) is 5.35. The Labute approximate surface area is 180 Å². The zero-order chi connectivity index (χ0) is 22.7. The second-order valence-electron chi connectivity index (χ2n) is 8.37. The predicted octanol–water partition coefficient (Wildman–Crippen LogP) is 2.55. The number of rotatable bonds is 6. The van der Waals surface area contributed by atoms with Crippen molar-refractivity contribution in [2.45, 2.75) is 45.8 Å². The Balaban J connectivity index is 2.05. The van der Waals surface area contributed by atoms with Gasteiger partial charge >= 0.3 is 0 Å². The molecule has 2 aromatic rings. The van der Waals surface area contributed by atoms with Gasteiger partial charge in [0.25, 0.3) is 5.91 Å². The number of imidazole rings is 1. The smallest absolute Gasteiger partial charge is 0.272 e. The second-order valence-corrected chi connectivity index (χ2v) is 8.37. The van der Waals surface area contributed by atoms with Crippen LogP contribution >= 0.6 is 0 Å². The lowest BCUT2D eigenvalue weighted by Gasteiger charge is -2.19. The zero-order valence-corrected chi connectivity index (χ0v) is 18.3. The molecule has 168 valence electrons. The van der Waals surface area contributed by atoms with Gasteiger partial charge in [0.15, 0.2) is 5.69 Å². The molecule has 1 aliphatic rings. The molecule has 0 radical (unpaired) electrons. The van der Waals surface area contributed by atoms with E-state index in [-0.39, 0.29) is 28.9 Å². The number of carbonyl (C=O) groups excluding carboxylic acids is 2. The predicted molar refractivity (Wildman–Crippen MR) is 113 cm³/mol. The molecule has 0 aliphatic carbocycles. The molecule has 0 saturated heterocycles. The van der Waals surface area contributed by atoms with Crippen molar-refractivity contribution in [3.63, 3.8) is 0 Å². The summed E-state index contributed by atoms with van der Waals surface area (Å²) in [6.45, 7) is 5.68. The summed E-state index contributed by atoms with van der Waals surface area (Å²) in [4.78, 5) is 32.0. The summed E-state index contributed by atoms with van der Waals surface area (Å²) in [7, 11) is 3.45. The molecule has 31 heavy (non-hydrogen) atoms. The molecule has 1 aromatic carbocycles. The highest BCUT2D eigenvalue weighted by Gasteiger charge is 2.29. The summed E-state index contributed by atoms with van der Waals surface area (Å²) in [5.41, 5.74) is 0.760. The first-order valence-electron chi connectivity index (χ1n) is 10.5. The van der Waals surface area contributed by atoms with E-state index < -0.39 is 23.6 Å². The minimum Gasteiger partial charge on any atom is -0.357 e. The molecule has 1 aromatic heterocycles. The number of halogens is 2. The van der Waals surface area contributed by atoms with Crippen LogP contribution in [0.5, 0.6) is 0 Å². The van der Waals surface area contributed by atoms with Crippen LogP contribution in [0.1, 0.15) is 42.9 Å². The number of aromatic nitrogens is 2. The Morgan fingerprint density at radius 2 is 1.97 bits per heavy atom. The number of carbonyl (C=O) groups is 2. The lowest BCUT2D eigenvalue weighted by molar-refractivity contribution is -0.122. The Hall–Kier alpha value is -2.81. The molecular weight excluding hydrogens is 404 g/mol. The second kappa shape index (κ2) is 9.55. The largest absolute Gasteiger partial charge is 0.357 e. The SMILES string of the molecule is CNC(=O)C(CC(C)C)NC(=O)c1nc(-c2cc(F)ccc2F)n2c1CN(C)CCC2. The fraction of sp³-hybridized carbons (Fsp3) is 0.500. The highest BCUT2D eigenvalue weighted by atomic mass is 19.1. The van der Waals surface area contributed by atoms with Crippen molar-refractivity contribution in [1.82, 2.24) is 25.1 Å². The van der Waals surface area contributed by atoms with Gasteiger partial charge in [-0.05, 0) is 50.6 Å². The fourth-order valence-electron chi connectivity index (χ4n) is 3.88. The number of nitrogens with one attached hydrogen (secondary N) is 2. The van der Waals surface area contributed by atoms with E-state index >= 15 is 0 Å². The van der Waals surface area contributed by atoms with Gasteiger partial charge in [-0.3, -0.25) is 9.59 Å². The van der Waals surface area contributed by atoms with Gasteiger partial charge in [0.1, 0.15) is 23.5 Å². The van der Waals surface area contributed by atoms with Gasteiger partial charge in [-0.2, -0.15) is 0 Å². The summed E-state index contributed by atoms with van der Waals surface area (Å²) in [6, 6.07) is 2.48. The highest BCUT2D eigenvalue weighted by Crippen LogP contribution is 2.28. The molecule has 1 atom stereocenters. The first-order chi connectivity index (χ1) is 14.7. The highest BCUT2D eigenvalue weighted by molar-refractivity contribution is 5.97.